The molecule has 18 heavy (non-hydrogen) atoms. The minimum absolute atomic E-state index is 0.137. The molecule has 1 atom stereocenters. The third kappa shape index (κ3) is 2.46. The molecule has 0 fully saturated rings. The second-order valence-corrected chi connectivity index (χ2v) is 5.19. The number of rotatable bonds is 5. The zero-order valence-corrected chi connectivity index (χ0v) is 11.6. The lowest BCUT2D eigenvalue weighted by atomic mass is 10.3. The second kappa shape index (κ2) is 5.35. The number of carbonyl (C=O) groups excluding carboxylic acids is 1. The number of nitrogens with one attached hydrogen (secondary N) is 1. The summed E-state index contributed by atoms with van der Waals surface area (Å²) < 4.78 is 2.92. The Labute approximate surface area is 114 Å². The molecule has 4 nitrogen and oxygen atoms in total. The highest BCUT2D eigenvalue weighted by atomic mass is 79.9. The fourth-order valence-corrected chi connectivity index (χ4v) is 2.19. The zero-order valence-electron chi connectivity index (χ0n) is 10.1. The summed E-state index contributed by atoms with van der Waals surface area (Å²) in [5, 5.41) is 2.73. The lowest BCUT2D eigenvalue weighted by molar-refractivity contribution is -0.110. The lowest BCUT2D eigenvalue weighted by Crippen LogP contribution is -2.20. The highest BCUT2D eigenvalue weighted by Crippen LogP contribution is 2.22. The summed E-state index contributed by atoms with van der Waals surface area (Å²) in [6, 6.07) is 7.75. The average Bonchev–Trinajstić information content (AvgIpc) is 2.68. The van der Waals surface area contributed by atoms with Gasteiger partial charge in [0.2, 0.25) is 6.41 Å². The Kier molecular flexibility index (Phi) is 3.81. The molecule has 1 unspecified atom stereocenters. The largest absolute Gasteiger partial charge is 0.349 e. The van der Waals surface area contributed by atoms with Gasteiger partial charge in [-0.05, 0) is 19.1 Å². The van der Waals surface area contributed by atoms with Crippen LogP contribution in [0.5, 0.6) is 0 Å². The molecule has 1 aromatic heterocycles. The summed E-state index contributed by atoms with van der Waals surface area (Å²) in [6.07, 6.45) is 0.692. The number of halogens is 1. The summed E-state index contributed by atoms with van der Waals surface area (Å²) in [4.78, 5) is 15.1. The Morgan fingerprint density at radius 1 is 1.61 bits per heavy atom. The number of fused-ring (bicyclic) bond motifs is 1. The van der Waals surface area contributed by atoms with E-state index >= 15 is 0 Å². The molecule has 0 radical (unpaired) electrons. The third-order valence-corrected chi connectivity index (χ3v) is 2.97. The van der Waals surface area contributed by atoms with Crippen LogP contribution in [0.15, 0.2) is 35.3 Å². The number of para-hydroxylation sites is 2. The van der Waals surface area contributed by atoms with Crippen LogP contribution in [0.3, 0.4) is 0 Å². The highest BCUT2D eigenvalue weighted by Gasteiger charge is 2.15. The quantitative estimate of drug-likeness (QED) is 0.863. The molecule has 1 amide bonds. The van der Waals surface area contributed by atoms with Crippen molar-refractivity contribution in [2.24, 2.45) is 0 Å². The van der Waals surface area contributed by atoms with Gasteiger partial charge in [0.1, 0.15) is 5.82 Å². The number of imidazole rings is 1. The maximum Gasteiger partial charge on any atom is 0.207 e. The van der Waals surface area contributed by atoms with Gasteiger partial charge in [0.15, 0.2) is 0 Å². The van der Waals surface area contributed by atoms with Gasteiger partial charge in [0.25, 0.3) is 0 Å². The van der Waals surface area contributed by atoms with Crippen LogP contribution < -0.4 is 5.32 Å². The summed E-state index contributed by atoms with van der Waals surface area (Å²) in [5.74, 6) is 0.823. The van der Waals surface area contributed by atoms with E-state index in [0.29, 0.717) is 13.0 Å². The molecule has 0 saturated heterocycles. The Morgan fingerprint density at radius 3 is 3.00 bits per heavy atom. The van der Waals surface area contributed by atoms with Gasteiger partial charge in [0, 0.05) is 4.48 Å². The standard InChI is InChI=1S/C13H14BrN3O/c1-9(14)7-17-12-6-4-3-5-11(12)16-13(17)10(2)15-8-18/h3-6,8,10H,1,7H2,2H3,(H,15,18). The number of nitrogens with zero attached hydrogens (tertiary/aromatic N) is 2. The molecule has 0 saturated carbocycles. The molecule has 1 heterocycles. The minimum atomic E-state index is -0.137. The fraction of sp³-hybridized carbons (Fsp3) is 0.231. The lowest BCUT2D eigenvalue weighted by Gasteiger charge is -2.13. The van der Waals surface area contributed by atoms with E-state index in [4.69, 9.17) is 0 Å². The number of hydrogen-bond donors (Lipinski definition) is 1. The maximum atomic E-state index is 10.6. The first-order chi connectivity index (χ1) is 8.63. The predicted octanol–water partition coefficient (Wildman–Crippen LogP) is 2.75. The number of amides is 1. The molecule has 1 aromatic carbocycles. The van der Waals surface area contributed by atoms with Crippen LogP contribution in [0.4, 0.5) is 0 Å². The van der Waals surface area contributed by atoms with Gasteiger partial charge < -0.3 is 9.88 Å². The second-order valence-electron chi connectivity index (χ2n) is 4.07. The number of aromatic nitrogens is 2. The van der Waals surface area contributed by atoms with E-state index in [1.54, 1.807) is 0 Å². The minimum Gasteiger partial charge on any atom is -0.349 e. The predicted molar refractivity (Wildman–Crippen MR) is 75.4 cm³/mol. The van der Waals surface area contributed by atoms with E-state index in [0.717, 1.165) is 21.3 Å². The van der Waals surface area contributed by atoms with E-state index in [-0.39, 0.29) is 6.04 Å². The average molecular weight is 308 g/mol. The van der Waals surface area contributed by atoms with Crippen molar-refractivity contribution in [2.45, 2.75) is 19.5 Å². The van der Waals surface area contributed by atoms with Gasteiger partial charge in [-0.1, -0.05) is 34.6 Å². The number of hydrogen-bond acceptors (Lipinski definition) is 2. The van der Waals surface area contributed by atoms with Crippen LogP contribution in [0.2, 0.25) is 0 Å². The number of benzene rings is 1. The van der Waals surface area contributed by atoms with Crippen LogP contribution in [0.25, 0.3) is 11.0 Å². The molecule has 1 N–H and O–H groups in total. The smallest absolute Gasteiger partial charge is 0.207 e. The van der Waals surface area contributed by atoms with E-state index in [1.165, 1.54) is 0 Å². The van der Waals surface area contributed by atoms with Crippen LogP contribution in [-0.2, 0) is 11.3 Å². The Morgan fingerprint density at radius 2 is 2.33 bits per heavy atom. The molecule has 94 valence electrons. The first-order valence-electron chi connectivity index (χ1n) is 5.61. The van der Waals surface area contributed by atoms with Crippen LogP contribution >= 0.6 is 15.9 Å². The summed E-state index contributed by atoms with van der Waals surface area (Å²) in [5.41, 5.74) is 1.95. The first-order valence-corrected chi connectivity index (χ1v) is 6.41. The van der Waals surface area contributed by atoms with Crippen molar-refractivity contribution < 1.29 is 4.79 Å². The normalized spacial score (nSPS) is 12.3. The molecular weight excluding hydrogens is 294 g/mol. The molecule has 5 heteroatoms. The number of carbonyl (C=O) groups is 1. The van der Waals surface area contributed by atoms with E-state index in [1.807, 2.05) is 35.8 Å². The highest BCUT2D eigenvalue weighted by molar-refractivity contribution is 9.11. The van der Waals surface area contributed by atoms with Gasteiger partial charge in [-0.2, -0.15) is 0 Å². The first kappa shape index (κ1) is 12.8. The summed E-state index contributed by atoms with van der Waals surface area (Å²) >= 11 is 3.37. The fourth-order valence-electron chi connectivity index (χ4n) is 1.94. The molecule has 2 rings (SSSR count). The van der Waals surface area contributed by atoms with Gasteiger partial charge in [-0.25, -0.2) is 4.98 Å². The summed E-state index contributed by atoms with van der Waals surface area (Å²) in [6.45, 7) is 6.39. The molecule has 0 bridgehead atoms. The van der Waals surface area contributed by atoms with Crippen molar-refractivity contribution in [1.29, 1.82) is 0 Å². The van der Waals surface area contributed by atoms with Crippen LogP contribution in [0, 0.1) is 0 Å². The molecular formula is C13H14BrN3O. The van der Waals surface area contributed by atoms with Crippen molar-refractivity contribution in [1.82, 2.24) is 14.9 Å². The SMILES string of the molecule is C=C(Br)Cn1c(C(C)NC=O)nc2ccccc21. The van der Waals surface area contributed by atoms with Gasteiger partial charge in [-0.15, -0.1) is 0 Å². The molecule has 0 aliphatic heterocycles. The van der Waals surface area contributed by atoms with Crippen molar-refractivity contribution >= 4 is 33.4 Å². The van der Waals surface area contributed by atoms with E-state index in [9.17, 15) is 4.79 Å². The Balaban J connectivity index is 2.55. The van der Waals surface area contributed by atoms with Crippen molar-refractivity contribution in [2.75, 3.05) is 0 Å². The zero-order chi connectivity index (χ0) is 13.1. The van der Waals surface area contributed by atoms with Gasteiger partial charge >= 0.3 is 0 Å². The van der Waals surface area contributed by atoms with Crippen molar-refractivity contribution in [3.05, 3.63) is 41.2 Å². The molecule has 2 aromatic rings. The monoisotopic (exact) mass is 307 g/mol. The van der Waals surface area contributed by atoms with Crippen molar-refractivity contribution in [3.63, 3.8) is 0 Å². The maximum absolute atomic E-state index is 10.6. The molecule has 0 spiro atoms. The van der Waals surface area contributed by atoms with Crippen LogP contribution in [-0.4, -0.2) is 16.0 Å². The molecule has 0 aliphatic carbocycles. The van der Waals surface area contributed by atoms with Gasteiger partial charge in [-0.3, -0.25) is 4.79 Å². The Bertz CT molecular complexity index is 591. The number of allylic oxidation sites excluding steroid dienone is 1. The van der Waals surface area contributed by atoms with E-state index in [2.05, 4.69) is 32.8 Å². The van der Waals surface area contributed by atoms with Gasteiger partial charge in [0.05, 0.1) is 23.6 Å². The molecule has 0 aliphatic rings. The topological polar surface area (TPSA) is 46.9 Å². The van der Waals surface area contributed by atoms with Crippen LogP contribution in [0.1, 0.15) is 18.8 Å². The Hall–Kier alpha value is -1.62. The third-order valence-electron chi connectivity index (χ3n) is 2.72. The summed E-state index contributed by atoms with van der Waals surface area (Å²) in [7, 11) is 0. The van der Waals surface area contributed by atoms with E-state index < -0.39 is 0 Å². The van der Waals surface area contributed by atoms with Crippen molar-refractivity contribution in [3.8, 4) is 0 Å².